The predicted octanol–water partition coefficient (Wildman–Crippen LogP) is 7.67. The number of carbonyl (C=O) groups is 1. The number of nitrogens with one attached hydrogen (secondary N) is 2. The molecule has 1 unspecified atom stereocenters. The minimum absolute atomic E-state index is 0.0642. The maximum absolute atomic E-state index is 13.1. The smallest absolute Gasteiger partial charge is 0.261 e. The highest BCUT2D eigenvalue weighted by molar-refractivity contribution is 7.99. The van der Waals surface area contributed by atoms with Gasteiger partial charge < -0.3 is 19.9 Å². The third-order valence-corrected chi connectivity index (χ3v) is 10.5. The van der Waals surface area contributed by atoms with Gasteiger partial charge in [-0.25, -0.2) is 8.42 Å². The molecule has 1 amide bonds. The van der Waals surface area contributed by atoms with Gasteiger partial charge in [-0.1, -0.05) is 84.9 Å². The number of aliphatic hydroxyl groups excluding tert-OH is 1. The summed E-state index contributed by atoms with van der Waals surface area (Å²) in [4.78, 5) is 12.7. The van der Waals surface area contributed by atoms with E-state index in [-0.39, 0.29) is 29.4 Å². The van der Waals surface area contributed by atoms with Gasteiger partial charge in [-0.15, -0.1) is 11.8 Å². The van der Waals surface area contributed by atoms with Crippen LogP contribution in [-0.2, 0) is 30.9 Å². The Morgan fingerprint density at radius 3 is 2.08 bits per heavy atom. The average molecular weight is 681 g/mol. The number of ether oxygens (including phenoxy) is 2. The summed E-state index contributed by atoms with van der Waals surface area (Å²) in [6.07, 6.45) is -1.55. The Balaban J connectivity index is 1.33. The van der Waals surface area contributed by atoms with Crippen LogP contribution >= 0.6 is 11.8 Å². The standard InChI is InChI=1S/C38H36N2O6S2/c1-26(42)39-31-19-21-33(22-20-31)47-25-35-36(28-9-4-2-5-10-28)37(29-17-15-27(24-41)16-18-29)46-38(45-35)30-11-8-12-32(23-30)40-48(43,44)34-13-6-3-7-14-34/h2-23,35-38,40-41H,24-25H2,1H3,(H,39,42)/t35-,36-,37+,38?/m1/s1. The number of hydrogen-bond donors (Lipinski definition) is 3. The first-order chi connectivity index (χ1) is 23.3. The van der Waals surface area contributed by atoms with Crippen LogP contribution in [0.15, 0.2) is 143 Å². The van der Waals surface area contributed by atoms with Gasteiger partial charge in [0.1, 0.15) is 0 Å². The third kappa shape index (κ3) is 8.15. The molecule has 10 heteroatoms. The van der Waals surface area contributed by atoms with E-state index in [1.807, 2.05) is 72.8 Å². The molecule has 0 radical (unpaired) electrons. The summed E-state index contributed by atoms with van der Waals surface area (Å²) < 4.78 is 42.5. The largest absolute Gasteiger partial charge is 0.392 e. The van der Waals surface area contributed by atoms with Gasteiger partial charge in [0.15, 0.2) is 6.29 Å². The molecule has 6 rings (SSSR count). The fraction of sp³-hybridized carbons (Fsp3) is 0.184. The zero-order valence-electron chi connectivity index (χ0n) is 26.2. The maximum Gasteiger partial charge on any atom is 0.261 e. The second kappa shape index (κ2) is 15.2. The fourth-order valence-electron chi connectivity index (χ4n) is 5.73. The molecule has 1 fully saturated rings. The van der Waals surface area contributed by atoms with E-state index < -0.39 is 22.4 Å². The van der Waals surface area contributed by atoms with E-state index >= 15 is 0 Å². The second-order valence-corrected chi connectivity index (χ2v) is 14.2. The molecule has 0 aromatic heterocycles. The van der Waals surface area contributed by atoms with Crippen molar-refractivity contribution in [1.29, 1.82) is 0 Å². The Hall–Kier alpha value is -4.45. The average Bonchev–Trinajstić information content (AvgIpc) is 3.11. The second-order valence-electron chi connectivity index (χ2n) is 11.5. The Morgan fingerprint density at radius 2 is 1.42 bits per heavy atom. The molecule has 4 atom stereocenters. The Labute approximate surface area is 285 Å². The first-order valence-corrected chi connectivity index (χ1v) is 18.0. The summed E-state index contributed by atoms with van der Waals surface area (Å²) in [5.41, 5.74) is 4.58. The van der Waals surface area contributed by atoms with Gasteiger partial charge in [-0.05, 0) is 65.2 Å². The summed E-state index contributed by atoms with van der Waals surface area (Å²) >= 11 is 1.64. The summed E-state index contributed by atoms with van der Waals surface area (Å²) in [6.45, 7) is 1.42. The minimum atomic E-state index is -3.80. The minimum Gasteiger partial charge on any atom is -0.392 e. The lowest BCUT2D eigenvalue weighted by molar-refractivity contribution is -0.255. The highest BCUT2D eigenvalue weighted by Crippen LogP contribution is 2.48. The van der Waals surface area contributed by atoms with Crippen LogP contribution in [0.3, 0.4) is 0 Å². The maximum atomic E-state index is 13.1. The lowest BCUT2D eigenvalue weighted by atomic mass is 9.84. The molecule has 8 nitrogen and oxygen atoms in total. The van der Waals surface area contributed by atoms with Crippen molar-refractivity contribution < 1.29 is 27.8 Å². The number of amides is 1. The molecule has 5 aromatic rings. The van der Waals surface area contributed by atoms with Crippen LogP contribution in [-0.4, -0.2) is 31.3 Å². The van der Waals surface area contributed by atoms with Gasteiger partial charge in [0, 0.05) is 40.4 Å². The number of anilines is 2. The van der Waals surface area contributed by atoms with Gasteiger partial charge in [0.25, 0.3) is 10.0 Å². The van der Waals surface area contributed by atoms with E-state index in [0.29, 0.717) is 17.0 Å². The lowest BCUT2D eigenvalue weighted by Crippen LogP contribution is -2.38. The zero-order chi connectivity index (χ0) is 33.5. The Morgan fingerprint density at radius 1 is 0.750 bits per heavy atom. The summed E-state index contributed by atoms with van der Waals surface area (Å²) in [5, 5.41) is 12.5. The number of benzene rings is 5. The van der Waals surface area contributed by atoms with Crippen molar-refractivity contribution in [2.75, 3.05) is 15.8 Å². The molecule has 1 aliphatic rings. The van der Waals surface area contributed by atoms with Crippen molar-refractivity contribution >= 4 is 39.1 Å². The lowest BCUT2D eigenvalue weighted by Gasteiger charge is -2.43. The third-order valence-electron chi connectivity index (χ3n) is 8.02. The number of carbonyl (C=O) groups excluding carboxylic acids is 1. The van der Waals surface area contributed by atoms with Crippen molar-refractivity contribution in [1.82, 2.24) is 0 Å². The van der Waals surface area contributed by atoms with Crippen molar-refractivity contribution in [3.05, 3.63) is 156 Å². The molecule has 3 N–H and O–H groups in total. The number of thioether (sulfide) groups is 1. The molecule has 0 saturated carbocycles. The molecule has 0 aliphatic carbocycles. The topological polar surface area (TPSA) is 114 Å². The van der Waals surface area contributed by atoms with E-state index in [4.69, 9.17) is 9.47 Å². The van der Waals surface area contributed by atoms with E-state index in [1.54, 1.807) is 60.3 Å². The van der Waals surface area contributed by atoms with E-state index in [0.717, 1.165) is 27.3 Å². The first-order valence-electron chi connectivity index (χ1n) is 15.5. The predicted molar refractivity (Wildman–Crippen MR) is 188 cm³/mol. The van der Waals surface area contributed by atoms with E-state index in [2.05, 4.69) is 22.2 Å². The van der Waals surface area contributed by atoms with Crippen molar-refractivity contribution in [2.45, 2.75) is 47.7 Å². The van der Waals surface area contributed by atoms with Crippen LogP contribution in [0.1, 0.15) is 47.5 Å². The van der Waals surface area contributed by atoms with Crippen LogP contribution in [0.2, 0.25) is 0 Å². The highest BCUT2D eigenvalue weighted by Gasteiger charge is 2.42. The van der Waals surface area contributed by atoms with E-state index in [9.17, 15) is 18.3 Å². The van der Waals surface area contributed by atoms with Crippen LogP contribution in [0.5, 0.6) is 0 Å². The van der Waals surface area contributed by atoms with Crippen molar-refractivity contribution in [3.8, 4) is 0 Å². The molecule has 0 bridgehead atoms. The molecular formula is C38H36N2O6S2. The summed E-state index contributed by atoms with van der Waals surface area (Å²) in [5.74, 6) is 0.274. The number of rotatable bonds is 11. The highest BCUT2D eigenvalue weighted by atomic mass is 32.2. The van der Waals surface area contributed by atoms with Gasteiger partial charge in [0.05, 0.1) is 23.7 Å². The molecule has 1 aliphatic heterocycles. The van der Waals surface area contributed by atoms with Crippen LogP contribution in [0.25, 0.3) is 0 Å². The van der Waals surface area contributed by atoms with E-state index in [1.165, 1.54) is 6.92 Å². The van der Waals surface area contributed by atoms with Crippen LogP contribution in [0, 0.1) is 0 Å². The van der Waals surface area contributed by atoms with Gasteiger partial charge in [0.2, 0.25) is 5.91 Å². The fourth-order valence-corrected chi connectivity index (χ4v) is 7.77. The van der Waals surface area contributed by atoms with Crippen molar-refractivity contribution in [3.63, 3.8) is 0 Å². The molecular weight excluding hydrogens is 645 g/mol. The normalized spacial score (nSPS) is 19.4. The number of hydrogen-bond acceptors (Lipinski definition) is 7. The molecule has 0 spiro atoms. The molecule has 48 heavy (non-hydrogen) atoms. The monoisotopic (exact) mass is 680 g/mol. The zero-order valence-corrected chi connectivity index (χ0v) is 27.9. The van der Waals surface area contributed by atoms with Gasteiger partial charge in [-0.3, -0.25) is 9.52 Å². The molecule has 1 heterocycles. The Kier molecular flexibility index (Phi) is 10.6. The Bertz CT molecular complexity index is 1920. The number of sulfonamides is 1. The van der Waals surface area contributed by atoms with Gasteiger partial charge in [-0.2, -0.15) is 0 Å². The van der Waals surface area contributed by atoms with Crippen LogP contribution in [0.4, 0.5) is 11.4 Å². The number of aliphatic hydroxyl groups is 1. The molecule has 1 saturated heterocycles. The van der Waals surface area contributed by atoms with Crippen molar-refractivity contribution in [2.24, 2.45) is 0 Å². The SMILES string of the molecule is CC(=O)Nc1ccc(SC[C@H]2OC(c3cccc(NS(=O)(=O)c4ccccc4)c3)O[C@@H](c3ccc(CO)cc3)[C@@H]2c2ccccc2)cc1. The molecule has 5 aromatic carbocycles. The van der Waals surface area contributed by atoms with Crippen LogP contribution < -0.4 is 10.0 Å². The first kappa shape index (κ1) is 33.5. The molecule has 246 valence electrons. The van der Waals surface area contributed by atoms with Gasteiger partial charge >= 0.3 is 0 Å². The summed E-state index contributed by atoms with van der Waals surface area (Å²) in [6, 6.07) is 40.9. The quantitative estimate of drug-likeness (QED) is 0.123. The summed E-state index contributed by atoms with van der Waals surface area (Å²) in [7, 11) is -3.80.